The normalized spacial score (nSPS) is 13.6. The minimum absolute atomic E-state index is 0.248. The van der Waals surface area contributed by atoms with Gasteiger partial charge in [-0.15, -0.1) is 0 Å². The van der Waals surface area contributed by atoms with Crippen LogP contribution in [-0.4, -0.2) is 13.0 Å². The van der Waals surface area contributed by atoms with Crippen molar-refractivity contribution in [1.29, 1.82) is 0 Å². The lowest BCUT2D eigenvalue weighted by Crippen LogP contribution is -2.26. The molecule has 0 saturated heterocycles. The summed E-state index contributed by atoms with van der Waals surface area (Å²) >= 11 is 1.54. The average Bonchev–Trinajstić information content (AvgIpc) is 2.96. The van der Waals surface area contributed by atoms with Crippen molar-refractivity contribution in [1.82, 2.24) is 9.29 Å². The van der Waals surface area contributed by atoms with Crippen molar-refractivity contribution in [3.63, 3.8) is 0 Å². The molecule has 2 rings (SSSR count). The van der Waals surface area contributed by atoms with Crippen LogP contribution >= 0.6 is 11.3 Å². The highest BCUT2D eigenvalue weighted by atomic mass is 32.2. The van der Waals surface area contributed by atoms with Crippen LogP contribution in [0, 0.1) is 0 Å². The predicted octanol–water partition coefficient (Wildman–Crippen LogP) is 1.58. The van der Waals surface area contributed by atoms with Gasteiger partial charge in [0, 0.05) is 31.5 Å². The molecular weight excluding hydrogens is 282 g/mol. The number of aromatic nitrogens is 1. The van der Waals surface area contributed by atoms with Gasteiger partial charge in [-0.1, -0.05) is 0 Å². The second-order valence-electron chi connectivity index (χ2n) is 4.38. The molecule has 2 aromatic heterocycles. The Hall–Kier alpha value is -1.15. The molecule has 3 N–H and O–H groups in total. The lowest BCUT2D eigenvalue weighted by molar-refractivity contribution is 0.567. The van der Waals surface area contributed by atoms with Crippen molar-refractivity contribution in [3.8, 4) is 0 Å². The number of hydrogen-bond acceptors (Lipinski definition) is 4. The summed E-state index contributed by atoms with van der Waals surface area (Å²) in [7, 11) is -1.74. The molecule has 0 bridgehead atoms. The molecule has 104 valence electrons. The first-order valence-corrected chi connectivity index (χ1v) is 8.26. The number of nitrogens with zero attached hydrogens (tertiary/aromatic N) is 1. The molecule has 19 heavy (non-hydrogen) atoms. The summed E-state index contributed by atoms with van der Waals surface area (Å²) in [5.41, 5.74) is 7.29. The van der Waals surface area contributed by atoms with Crippen LogP contribution in [0.4, 0.5) is 0 Å². The summed E-state index contributed by atoms with van der Waals surface area (Å²) < 4.78 is 28.9. The molecule has 0 aliphatic rings. The Balaban J connectivity index is 2.22. The second-order valence-corrected chi connectivity index (χ2v) is 6.88. The van der Waals surface area contributed by atoms with Crippen LogP contribution in [0.1, 0.15) is 24.2 Å². The van der Waals surface area contributed by atoms with E-state index in [0.29, 0.717) is 6.54 Å². The third kappa shape index (κ3) is 3.06. The third-order valence-corrected chi connectivity index (χ3v) is 5.19. The second kappa shape index (κ2) is 5.46. The van der Waals surface area contributed by atoms with Gasteiger partial charge < -0.3 is 10.3 Å². The van der Waals surface area contributed by atoms with E-state index in [1.165, 1.54) is 0 Å². The van der Waals surface area contributed by atoms with Crippen molar-refractivity contribution in [2.24, 2.45) is 12.8 Å². The molecule has 0 spiro atoms. The molecule has 5 nitrogen and oxygen atoms in total. The number of aryl methyl sites for hydroxylation is 1. The molecule has 0 aliphatic heterocycles. The molecule has 0 fully saturated rings. The molecule has 0 radical (unpaired) electrons. The summed E-state index contributed by atoms with van der Waals surface area (Å²) in [6.45, 7) is 2.14. The van der Waals surface area contributed by atoms with Crippen molar-refractivity contribution in [3.05, 3.63) is 40.3 Å². The first kappa shape index (κ1) is 14.3. The zero-order chi connectivity index (χ0) is 14.0. The maximum atomic E-state index is 12.3. The highest BCUT2D eigenvalue weighted by molar-refractivity contribution is 7.89. The maximum absolute atomic E-state index is 12.3. The van der Waals surface area contributed by atoms with E-state index in [9.17, 15) is 8.42 Å². The van der Waals surface area contributed by atoms with Gasteiger partial charge in [0.15, 0.2) is 0 Å². The van der Waals surface area contributed by atoms with Crippen molar-refractivity contribution in [2.45, 2.75) is 24.4 Å². The van der Waals surface area contributed by atoms with Gasteiger partial charge in [0.05, 0.1) is 4.90 Å². The number of nitrogens with one attached hydrogen (secondary N) is 1. The van der Waals surface area contributed by atoms with Crippen molar-refractivity contribution < 1.29 is 8.42 Å². The molecule has 2 aromatic rings. The molecule has 1 atom stereocenters. The minimum Gasteiger partial charge on any atom is -0.352 e. The van der Waals surface area contributed by atoms with E-state index in [4.69, 9.17) is 5.73 Å². The molecule has 0 aromatic carbocycles. The summed E-state index contributed by atoms with van der Waals surface area (Å²) in [6.07, 6.45) is 1.57. The van der Waals surface area contributed by atoms with Crippen LogP contribution in [-0.2, 0) is 23.6 Å². The van der Waals surface area contributed by atoms with Gasteiger partial charge in [0.2, 0.25) is 10.0 Å². The SMILES string of the molecule is CC(NS(=O)(=O)c1cc(CN)n(C)c1)c1ccsc1. The highest BCUT2D eigenvalue weighted by Gasteiger charge is 2.20. The fourth-order valence-corrected chi connectivity index (χ4v) is 3.90. The molecular formula is C12H17N3O2S2. The summed E-state index contributed by atoms with van der Waals surface area (Å²) in [5, 5.41) is 3.86. The van der Waals surface area contributed by atoms with E-state index >= 15 is 0 Å². The van der Waals surface area contributed by atoms with E-state index < -0.39 is 10.0 Å². The Kier molecular flexibility index (Phi) is 4.10. The fourth-order valence-electron chi connectivity index (χ4n) is 1.82. The molecule has 2 heterocycles. The van der Waals surface area contributed by atoms with E-state index in [2.05, 4.69) is 4.72 Å². The Bertz CT molecular complexity index is 645. The quantitative estimate of drug-likeness (QED) is 0.880. The predicted molar refractivity (Wildman–Crippen MR) is 76.4 cm³/mol. The number of thiophene rings is 1. The molecule has 0 amide bonds. The highest BCUT2D eigenvalue weighted by Crippen LogP contribution is 2.20. The van der Waals surface area contributed by atoms with Gasteiger partial charge in [0.1, 0.15) is 0 Å². The van der Waals surface area contributed by atoms with Gasteiger partial charge >= 0.3 is 0 Å². The molecule has 0 aliphatic carbocycles. The van der Waals surface area contributed by atoms with Gasteiger partial charge in [-0.05, 0) is 35.4 Å². The van der Waals surface area contributed by atoms with E-state index in [0.717, 1.165) is 11.3 Å². The Morgan fingerprint density at radius 3 is 2.79 bits per heavy atom. The summed E-state index contributed by atoms with van der Waals surface area (Å²) in [4.78, 5) is 0.248. The number of sulfonamides is 1. The van der Waals surface area contributed by atoms with E-state index in [-0.39, 0.29) is 10.9 Å². The monoisotopic (exact) mass is 299 g/mol. The van der Waals surface area contributed by atoms with Gasteiger partial charge in [-0.3, -0.25) is 0 Å². The Morgan fingerprint density at radius 2 is 2.26 bits per heavy atom. The van der Waals surface area contributed by atoms with Crippen molar-refractivity contribution >= 4 is 21.4 Å². The lowest BCUT2D eigenvalue weighted by atomic mass is 10.2. The van der Waals surface area contributed by atoms with Crippen LogP contribution < -0.4 is 10.5 Å². The number of rotatable bonds is 5. The largest absolute Gasteiger partial charge is 0.352 e. The first-order chi connectivity index (χ1) is 8.94. The van der Waals surface area contributed by atoms with Gasteiger partial charge in [0.25, 0.3) is 0 Å². The zero-order valence-corrected chi connectivity index (χ0v) is 12.5. The van der Waals surface area contributed by atoms with Crippen molar-refractivity contribution in [2.75, 3.05) is 0 Å². The first-order valence-electron chi connectivity index (χ1n) is 5.84. The summed E-state index contributed by atoms with van der Waals surface area (Å²) in [6, 6.07) is 3.26. The van der Waals surface area contributed by atoms with Gasteiger partial charge in [-0.25, -0.2) is 13.1 Å². The van der Waals surface area contributed by atoms with Crippen LogP contribution in [0.5, 0.6) is 0 Å². The minimum atomic E-state index is -3.52. The van der Waals surface area contributed by atoms with Crippen LogP contribution in [0.15, 0.2) is 34.0 Å². The summed E-state index contributed by atoms with van der Waals surface area (Å²) in [5.74, 6) is 0. The maximum Gasteiger partial charge on any atom is 0.242 e. The average molecular weight is 299 g/mol. The smallest absolute Gasteiger partial charge is 0.242 e. The topological polar surface area (TPSA) is 77.1 Å². The fraction of sp³-hybridized carbons (Fsp3) is 0.333. The number of nitrogens with two attached hydrogens (primary N) is 1. The third-order valence-electron chi connectivity index (χ3n) is 2.98. The van der Waals surface area contributed by atoms with Gasteiger partial charge in [-0.2, -0.15) is 11.3 Å². The Morgan fingerprint density at radius 1 is 1.53 bits per heavy atom. The lowest BCUT2D eigenvalue weighted by Gasteiger charge is -2.11. The van der Waals surface area contributed by atoms with E-state index in [1.807, 2.05) is 23.8 Å². The van der Waals surface area contributed by atoms with Crippen LogP contribution in [0.3, 0.4) is 0 Å². The Labute approximate surface area is 117 Å². The van der Waals surface area contributed by atoms with Crippen LogP contribution in [0.25, 0.3) is 0 Å². The molecule has 0 saturated carbocycles. The zero-order valence-electron chi connectivity index (χ0n) is 10.8. The molecule has 7 heteroatoms. The van der Waals surface area contributed by atoms with Crippen LogP contribution in [0.2, 0.25) is 0 Å². The number of hydrogen-bond donors (Lipinski definition) is 2. The molecule has 1 unspecified atom stereocenters. The van der Waals surface area contributed by atoms with E-state index in [1.54, 1.807) is 35.2 Å². The standard InChI is InChI=1S/C12H17N3O2S2/c1-9(10-3-4-18-8-10)14-19(16,17)12-5-11(6-13)15(2)7-12/h3-5,7-9,14H,6,13H2,1-2H3.